The van der Waals surface area contributed by atoms with Gasteiger partial charge in [-0.1, -0.05) is 12.1 Å². The SMILES string of the molecule is CC(C)(CC(=O)O)NC(=O)NCc1cccc(C#N)c1. The molecule has 6 heteroatoms. The summed E-state index contributed by atoms with van der Waals surface area (Å²) in [5, 5.41) is 22.7. The molecule has 0 saturated carbocycles. The van der Waals surface area contributed by atoms with Crippen LogP contribution >= 0.6 is 0 Å². The Morgan fingerprint density at radius 3 is 2.70 bits per heavy atom. The van der Waals surface area contributed by atoms with Crippen molar-refractivity contribution in [1.29, 1.82) is 5.26 Å². The van der Waals surface area contributed by atoms with E-state index in [0.717, 1.165) is 5.56 Å². The predicted octanol–water partition coefficient (Wildman–Crippen LogP) is 1.61. The minimum atomic E-state index is -0.975. The van der Waals surface area contributed by atoms with Gasteiger partial charge >= 0.3 is 12.0 Å². The van der Waals surface area contributed by atoms with Crippen molar-refractivity contribution in [2.24, 2.45) is 0 Å². The zero-order chi connectivity index (χ0) is 15.2. The van der Waals surface area contributed by atoms with Gasteiger partial charge in [0, 0.05) is 12.1 Å². The van der Waals surface area contributed by atoms with Gasteiger partial charge in [-0.3, -0.25) is 4.79 Å². The van der Waals surface area contributed by atoms with Crippen molar-refractivity contribution in [3.05, 3.63) is 35.4 Å². The van der Waals surface area contributed by atoms with Crippen molar-refractivity contribution in [2.45, 2.75) is 32.4 Å². The molecular formula is C14H17N3O3. The van der Waals surface area contributed by atoms with Crippen LogP contribution in [0.5, 0.6) is 0 Å². The molecule has 3 N–H and O–H groups in total. The standard InChI is InChI=1S/C14H17N3O3/c1-14(2,7-12(18)19)17-13(20)16-9-11-5-3-4-10(6-11)8-15/h3-6H,7,9H2,1-2H3,(H,18,19)(H2,16,17,20). The molecule has 0 aliphatic carbocycles. The molecule has 1 aromatic rings. The summed E-state index contributed by atoms with van der Waals surface area (Å²) >= 11 is 0. The van der Waals surface area contributed by atoms with Gasteiger partial charge in [0.2, 0.25) is 0 Å². The van der Waals surface area contributed by atoms with E-state index in [0.29, 0.717) is 5.56 Å². The van der Waals surface area contributed by atoms with E-state index in [1.54, 1.807) is 38.1 Å². The highest BCUT2D eigenvalue weighted by Crippen LogP contribution is 2.08. The second kappa shape index (κ2) is 6.57. The maximum Gasteiger partial charge on any atom is 0.315 e. The summed E-state index contributed by atoms with van der Waals surface area (Å²) < 4.78 is 0. The van der Waals surface area contributed by atoms with E-state index in [1.165, 1.54) is 0 Å². The lowest BCUT2D eigenvalue weighted by Crippen LogP contribution is -2.49. The largest absolute Gasteiger partial charge is 0.481 e. The second-order valence-corrected chi connectivity index (χ2v) is 5.07. The van der Waals surface area contributed by atoms with Crippen molar-refractivity contribution in [3.63, 3.8) is 0 Å². The van der Waals surface area contributed by atoms with E-state index >= 15 is 0 Å². The highest BCUT2D eigenvalue weighted by Gasteiger charge is 2.23. The number of carbonyl (C=O) groups is 2. The monoisotopic (exact) mass is 275 g/mol. The molecule has 0 saturated heterocycles. The number of urea groups is 1. The molecule has 106 valence electrons. The summed E-state index contributed by atoms with van der Waals surface area (Å²) in [6.45, 7) is 3.54. The van der Waals surface area contributed by atoms with Crippen molar-refractivity contribution in [3.8, 4) is 6.07 Å². The molecule has 0 aliphatic rings. The maximum absolute atomic E-state index is 11.7. The summed E-state index contributed by atoms with van der Waals surface area (Å²) in [6.07, 6.45) is -0.162. The molecule has 0 aromatic heterocycles. The number of benzene rings is 1. The smallest absolute Gasteiger partial charge is 0.315 e. The van der Waals surface area contributed by atoms with Gasteiger partial charge in [-0.15, -0.1) is 0 Å². The van der Waals surface area contributed by atoms with E-state index in [4.69, 9.17) is 10.4 Å². The van der Waals surface area contributed by atoms with Crippen LogP contribution in [-0.2, 0) is 11.3 Å². The molecule has 0 spiro atoms. The first kappa shape index (κ1) is 15.5. The third kappa shape index (κ3) is 5.40. The van der Waals surface area contributed by atoms with Crippen LogP contribution in [0, 0.1) is 11.3 Å². The van der Waals surface area contributed by atoms with Gasteiger partial charge in [0.1, 0.15) is 0 Å². The first-order chi connectivity index (χ1) is 9.32. The minimum Gasteiger partial charge on any atom is -0.481 e. The molecule has 6 nitrogen and oxygen atoms in total. The lowest BCUT2D eigenvalue weighted by molar-refractivity contribution is -0.138. The molecule has 1 aromatic carbocycles. The average molecular weight is 275 g/mol. The highest BCUT2D eigenvalue weighted by molar-refractivity contribution is 5.76. The van der Waals surface area contributed by atoms with Crippen LogP contribution in [0.25, 0.3) is 0 Å². The lowest BCUT2D eigenvalue weighted by atomic mass is 10.0. The Morgan fingerprint density at radius 1 is 1.40 bits per heavy atom. The van der Waals surface area contributed by atoms with Gasteiger partial charge in [0.05, 0.1) is 18.1 Å². The average Bonchev–Trinajstić information content (AvgIpc) is 2.34. The number of carboxylic acids is 1. The van der Waals surface area contributed by atoms with E-state index in [-0.39, 0.29) is 13.0 Å². The third-order valence-electron chi connectivity index (χ3n) is 2.55. The maximum atomic E-state index is 11.7. The van der Waals surface area contributed by atoms with Crippen LogP contribution < -0.4 is 10.6 Å². The van der Waals surface area contributed by atoms with Crippen LogP contribution in [0.1, 0.15) is 31.4 Å². The van der Waals surface area contributed by atoms with Crippen LogP contribution in [-0.4, -0.2) is 22.6 Å². The van der Waals surface area contributed by atoms with E-state index in [1.807, 2.05) is 6.07 Å². The van der Waals surface area contributed by atoms with Crippen molar-refractivity contribution < 1.29 is 14.7 Å². The molecule has 20 heavy (non-hydrogen) atoms. The number of hydrogen-bond acceptors (Lipinski definition) is 3. The quantitative estimate of drug-likeness (QED) is 0.759. The summed E-state index contributed by atoms with van der Waals surface area (Å²) in [7, 11) is 0. The van der Waals surface area contributed by atoms with Crippen molar-refractivity contribution >= 4 is 12.0 Å². The third-order valence-corrected chi connectivity index (χ3v) is 2.55. The Balaban J connectivity index is 2.51. The second-order valence-electron chi connectivity index (χ2n) is 5.07. The van der Waals surface area contributed by atoms with Crippen LogP contribution in [0.3, 0.4) is 0 Å². The van der Waals surface area contributed by atoms with Gasteiger partial charge in [-0.25, -0.2) is 4.79 Å². The molecule has 0 aliphatic heterocycles. The summed E-state index contributed by atoms with van der Waals surface area (Å²) in [5.41, 5.74) is 0.496. The molecule has 0 radical (unpaired) electrons. The fraction of sp³-hybridized carbons (Fsp3) is 0.357. The lowest BCUT2D eigenvalue weighted by Gasteiger charge is -2.24. The molecule has 0 atom stereocenters. The number of rotatable bonds is 5. The van der Waals surface area contributed by atoms with Gasteiger partial charge < -0.3 is 15.7 Å². The molecule has 0 unspecified atom stereocenters. The number of nitrogens with zero attached hydrogens (tertiary/aromatic N) is 1. The van der Waals surface area contributed by atoms with Crippen LogP contribution in [0.15, 0.2) is 24.3 Å². The van der Waals surface area contributed by atoms with Crippen LogP contribution in [0.2, 0.25) is 0 Å². The molecule has 2 amide bonds. The molecule has 0 heterocycles. The van der Waals surface area contributed by atoms with Crippen LogP contribution in [0.4, 0.5) is 4.79 Å². The molecule has 0 bridgehead atoms. The fourth-order valence-corrected chi connectivity index (χ4v) is 1.71. The number of aliphatic carboxylic acids is 1. The van der Waals surface area contributed by atoms with E-state index in [9.17, 15) is 9.59 Å². The molecule has 1 rings (SSSR count). The Hall–Kier alpha value is -2.55. The van der Waals surface area contributed by atoms with Crippen molar-refractivity contribution in [1.82, 2.24) is 10.6 Å². The van der Waals surface area contributed by atoms with Gasteiger partial charge in [-0.2, -0.15) is 5.26 Å². The van der Waals surface area contributed by atoms with E-state index < -0.39 is 17.5 Å². The number of amides is 2. The Bertz CT molecular complexity index is 547. The van der Waals surface area contributed by atoms with Gasteiger partial charge in [-0.05, 0) is 31.5 Å². The first-order valence-electron chi connectivity index (χ1n) is 6.09. The van der Waals surface area contributed by atoms with Crippen molar-refractivity contribution in [2.75, 3.05) is 0 Å². The minimum absolute atomic E-state index is 0.162. The Morgan fingerprint density at radius 2 is 2.10 bits per heavy atom. The topological polar surface area (TPSA) is 102 Å². The number of nitrogens with one attached hydrogen (secondary N) is 2. The fourth-order valence-electron chi connectivity index (χ4n) is 1.71. The molecule has 0 fully saturated rings. The van der Waals surface area contributed by atoms with E-state index in [2.05, 4.69) is 10.6 Å². The summed E-state index contributed by atoms with van der Waals surface area (Å²) in [6, 6.07) is 8.47. The van der Waals surface area contributed by atoms with Gasteiger partial charge in [0.15, 0.2) is 0 Å². The van der Waals surface area contributed by atoms with Gasteiger partial charge in [0.25, 0.3) is 0 Å². The zero-order valence-corrected chi connectivity index (χ0v) is 11.4. The predicted molar refractivity (Wildman–Crippen MR) is 72.9 cm³/mol. The number of nitriles is 1. The Labute approximate surface area is 117 Å². The molecular weight excluding hydrogens is 258 g/mol. The highest BCUT2D eigenvalue weighted by atomic mass is 16.4. The number of carbonyl (C=O) groups excluding carboxylic acids is 1. The number of carboxylic acid groups (broad SMARTS) is 1. The normalized spacial score (nSPS) is 10.4. The summed E-state index contributed by atoms with van der Waals surface area (Å²) in [5.74, 6) is -0.975. The zero-order valence-electron chi connectivity index (χ0n) is 11.4. The number of hydrogen-bond donors (Lipinski definition) is 3. The Kier molecular flexibility index (Phi) is 5.09. The first-order valence-corrected chi connectivity index (χ1v) is 6.09. The summed E-state index contributed by atoms with van der Waals surface area (Å²) in [4.78, 5) is 22.3.